The quantitative estimate of drug-likeness (QED) is 0.817. The Hall–Kier alpha value is -1.68. The number of hydrogen-bond donors (Lipinski definition) is 2. The third kappa shape index (κ3) is 2.28. The maximum absolute atomic E-state index is 11.7. The predicted octanol–water partition coefficient (Wildman–Crippen LogP) is 1.42. The molecule has 1 aromatic carbocycles. The SMILES string of the molecule is CC(C)NCc1nc2ccccc2c(=O)[nH]1. The van der Waals surface area contributed by atoms with E-state index in [0.717, 1.165) is 5.52 Å². The smallest absolute Gasteiger partial charge is 0.258 e. The second kappa shape index (κ2) is 4.45. The van der Waals surface area contributed by atoms with Gasteiger partial charge in [-0.2, -0.15) is 0 Å². The van der Waals surface area contributed by atoms with Crippen LogP contribution >= 0.6 is 0 Å². The van der Waals surface area contributed by atoms with E-state index in [4.69, 9.17) is 0 Å². The number of H-pyrrole nitrogens is 1. The molecule has 0 unspecified atom stereocenters. The third-order valence-corrected chi connectivity index (χ3v) is 2.34. The van der Waals surface area contributed by atoms with Crippen LogP contribution in [0.3, 0.4) is 0 Å². The highest BCUT2D eigenvalue weighted by molar-refractivity contribution is 5.77. The number of hydrogen-bond acceptors (Lipinski definition) is 3. The molecule has 0 radical (unpaired) electrons. The second-order valence-electron chi connectivity index (χ2n) is 4.07. The molecule has 0 amide bonds. The Morgan fingerprint density at radius 3 is 2.88 bits per heavy atom. The van der Waals surface area contributed by atoms with E-state index in [1.165, 1.54) is 0 Å². The molecule has 0 aliphatic heterocycles. The maximum atomic E-state index is 11.7. The van der Waals surface area contributed by atoms with E-state index in [2.05, 4.69) is 29.1 Å². The molecule has 1 aromatic heterocycles. The summed E-state index contributed by atoms with van der Waals surface area (Å²) in [5, 5.41) is 3.86. The summed E-state index contributed by atoms with van der Waals surface area (Å²) in [6.45, 7) is 4.69. The van der Waals surface area contributed by atoms with Crippen molar-refractivity contribution in [1.82, 2.24) is 15.3 Å². The molecule has 0 saturated heterocycles. The molecule has 4 nitrogen and oxygen atoms in total. The molecule has 84 valence electrons. The molecule has 0 spiro atoms. The first-order chi connectivity index (χ1) is 7.66. The number of para-hydroxylation sites is 1. The first-order valence-electron chi connectivity index (χ1n) is 5.38. The van der Waals surface area contributed by atoms with Crippen molar-refractivity contribution in [3.05, 3.63) is 40.4 Å². The van der Waals surface area contributed by atoms with Gasteiger partial charge in [0.1, 0.15) is 5.82 Å². The Kier molecular flexibility index (Phi) is 3.01. The molecule has 2 rings (SSSR count). The Morgan fingerprint density at radius 1 is 1.38 bits per heavy atom. The highest BCUT2D eigenvalue weighted by Gasteiger charge is 2.02. The van der Waals surface area contributed by atoms with Crippen LogP contribution < -0.4 is 10.9 Å². The van der Waals surface area contributed by atoms with Crippen LogP contribution in [0.25, 0.3) is 10.9 Å². The van der Waals surface area contributed by atoms with Crippen LogP contribution in [0.2, 0.25) is 0 Å². The van der Waals surface area contributed by atoms with Crippen LogP contribution in [0.1, 0.15) is 19.7 Å². The summed E-state index contributed by atoms with van der Waals surface area (Å²) in [6.07, 6.45) is 0. The third-order valence-electron chi connectivity index (χ3n) is 2.34. The number of aromatic amines is 1. The Balaban J connectivity index is 2.38. The van der Waals surface area contributed by atoms with Crippen LogP contribution in [-0.4, -0.2) is 16.0 Å². The van der Waals surface area contributed by atoms with Gasteiger partial charge in [0.25, 0.3) is 5.56 Å². The molecule has 0 aliphatic rings. The van der Waals surface area contributed by atoms with Crippen molar-refractivity contribution >= 4 is 10.9 Å². The summed E-state index contributed by atoms with van der Waals surface area (Å²) < 4.78 is 0. The first kappa shape index (κ1) is 10.8. The van der Waals surface area contributed by atoms with Crippen LogP contribution in [0.4, 0.5) is 0 Å². The molecule has 2 aromatic rings. The minimum absolute atomic E-state index is 0.0776. The van der Waals surface area contributed by atoms with E-state index in [1.807, 2.05) is 18.2 Å². The van der Waals surface area contributed by atoms with Crippen molar-refractivity contribution in [3.63, 3.8) is 0 Å². The molecule has 0 aliphatic carbocycles. The Labute approximate surface area is 93.7 Å². The minimum Gasteiger partial charge on any atom is -0.309 e. The summed E-state index contributed by atoms with van der Waals surface area (Å²) in [5.41, 5.74) is 0.665. The fraction of sp³-hybridized carbons (Fsp3) is 0.333. The molecule has 16 heavy (non-hydrogen) atoms. The minimum atomic E-state index is -0.0776. The molecule has 4 heteroatoms. The van der Waals surface area contributed by atoms with Crippen molar-refractivity contribution in [2.45, 2.75) is 26.4 Å². The van der Waals surface area contributed by atoms with E-state index in [1.54, 1.807) is 6.07 Å². The lowest BCUT2D eigenvalue weighted by molar-refractivity contribution is 0.572. The Bertz CT molecular complexity index is 545. The Morgan fingerprint density at radius 2 is 2.12 bits per heavy atom. The van der Waals surface area contributed by atoms with Gasteiger partial charge in [0, 0.05) is 6.04 Å². The number of nitrogens with one attached hydrogen (secondary N) is 2. The zero-order chi connectivity index (χ0) is 11.5. The number of fused-ring (bicyclic) bond motifs is 1. The maximum Gasteiger partial charge on any atom is 0.258 e. The van der Waals surface area contributed by atoms with Gasteiger partial charge in [-0.25, -0.2) is 4.98 Å². The van der Waals surface area contributed by atoms with Gasteiger partial charge in [-0.15, -0.1) is 0 Å². The van der Waals surface area contributed by atoms with Gasteiger partial charge >= 0.3 is 0 Å². The molecule has 2 N–H and O–H groups in total. The van der Waals surface area contributed by atoms with Gasteiger partial charge in [-0.05, 0) is 12.1 Å². The lowest BCUT2D eigenvalue weighted by Gasteiger charge is -2.07. The van der Waals surface area contributed by atoms with Crippen LogP contribution in [-0.2, 0) is 6.54 Å². The summed E-state index contributed by atoms with van der Waals surface area (Å²) in [5.74, 6) is 0.678. The highest BCUT2D eigenvalue weighted by atomic mass is 16.1. The molecular weight excluding hydrogens is 202 g/mol. The molecule has 0 saturated carbocycles. The summed E-state index contributed by atoms with van der Waals surface area (Å²) in [6, 6.07) is 7.72. The molecule has 0 fully saturated rings. The average molecular weight is 217 g/mol. The van der Waals surface area contributed by atoms with Crippen LogP contribution in [0.5, 0.6) is 0 Å². The lowest BCUT2D eigenvalue weighted by Crippen LogP contribution is -2.25. The molecule has 0 bridgehead atoms. The van der Waals surface area contributed by atoms with Gasteiger partial charge in [0.2, 0.25) is 0 Å². The molecule has 1 heterocycles. The predicted molar refractivity (Wildman–Crippen MR) is 64.3 cm³/mol. The monoisotopic (exact) mass is 217 g/mol. The number of rotatable bonds is 3. The number of nitrogens with zero attached hydrogens (tertiary/aromatic N) is 1. The summed E-state index contributed by atoms with van der Waals surface area (Å²) >= 11 is 0. The first-order valence-corrected chi connectivity index (χ1v) is 5.38. The summed E-state index contributed by atoms with van der Waals surface area (Å²) in [4.78, 5) is 18.9. The topological polar surface area (TPSA) is 57.8 Å². The van der Waals surface area contributed by atoms with Gasteiger partial charge in [0.15, 0.2) is 0 Å². The highest BCUT2D eigenvalue weighted by Crippen LogP contribution is 2.05. The van der Waals surface area contributed by atoms with Gasteiger partial charge < -0.3 is 10.3 Å². The molecular formula is C12H15N3O. The van der Waals surface area contributed by atoms with Crippen molar-refractivity contribution in [1.29, 1.82) is 0 Å². The van der Waals surface area contributed by atoms with Gasteiger partial charge in [0.05, 0.1) is 17.4 Å². The fourth-order valence-corrected chi connectivity index (χ4v) is 1.52. The molecule has 0 atom stereocenters. The largest absolute Gasteiger partial charge is 0.309 e. The normalized spacial score (nSPS) is 11.2. The number of benzene rings is 1. The zero-order valence-corrected chi connectivity index (χ0v) is 9.45. The van der Waals surface area contributed by atoms with Gasteiger partial charge in [-0.1, -0.05) is 26.0 Å². The average Bonchev–Trinajstić information content (AvgIpc) is 2.26. The van der Waals surface area contributed by atoms with Crippen LogP contribution in [0, 0.1) is 0 Å². The summed E-state index contributed by atoms with van der Waals surface area (Å²) in [7, 11) is 0. The van der Waals surface area contributed by atoms with Crippen molar-refractivity contribution in [3.8, 4) is 0 Å². The number of aromatic nitrogens is 2. The lowest BCUT2D eigenvalue weighted by atomic mass is 10.2. The van der Waals surface area contributed by atoms with E-state index in [0.29, 0.717) is 23.8 Å². The van der Waals surface area contributed by atoms with E-state index in [9.17, 15) is 4.79 Å². The van der Waals surface area contributed by atoms with E-state index >= 15 is 0 Å². The second-order valence-corrected chi connectivity index (χ2v) is 4.07. The van der Waals surface area contributed by atoms with Crippen molar-refractivity contribution in [2.24, 2.45) is 0 Å². The van der Waals surface area contributed by atoms with E-state index < -0.39 is 0 Å². The van der Waals surface area contributed by atoms with Crippen LogP contribution in [0.15, 0.2) is 29.1 Å². The zero-order valence-electron chi connectivity index (χ0n) is 9.45. The van der Waals surface area contributed by atoms with Crippen molar-refractivity contribution in [2.75, 3.05) is 0 Å². The standard InChI is InChI=1S/C12H15N3O/c1-8(2)13-7-11-14-10-6-4-3-5-9(10)12(16)15-11/h3-6,8,13H,7H2,1-2H3,(H,14,15,16). The fourth-order valence-electron chi connectivity index (χ4n) is 1.52. The van der Waals surface area contributed by atoms with E-state index in [-0.39, 0.29) is 5.56 Å². The van der Waals surface area contributed by atoms with Gasteiger partial charge in [-0.3, -0.25) is 4.79 Å². The van der Waals surface area contributed by atoms with Crippen molar-refractivity contribution < 1.29 is 0 Å².